The normalized spacial score (nSPS) is 12.9. The summed E-state index contributed by atoms with van der Waals surface area (Å²) in [6.45, 7) is 5.77. The first-order valence-electron chi connectivity index (χ1n) is 11.9. The molecule has 1 N–H and O–H groups in total. The summed E-state index contributed by atoms with van der Waals surface area (Å²) in [5, 5.41) is 2.92. The molecule has 0 aliphatic carbocycles. The summed E-state index contributed by atoms with van der Waals surface area (Å²) in [6.07, 6.45) is 2.07. The maximum absolute atomic E-state index is 13.3. The van der Waals surface area contributed by atoms with Gasteiger partial charge in [0.1, 0.15) is 17.6 Å². The van der Waals surface area contributed by atoms with Gasteiger partial charge in [0.2, 0.25) is 21.8 Å². The zero-order chi connectivity index (χ0) is 26.9. The maximum atomic E-state index is 13.3. The molecule has 0 spiro atoms. The van der Waals surface area contributed by atoms with E-state index in [1.807, 2.05) is 26.0 Å². The average Bonchev–Trinajstić information content (AvgIpc) is 2.84. The molecular weight excluding hydrogens is 485 g/mol. The molecule has 2 aromatic rings. The van der Waals surface area contributed by atoms with Crippen molar-refractivity contribution < 1.29 is 27.1 Å². The first-order chi connectivity index (χ1) is 17.0. The molecule has 0 aliphatic heterocycles. The van der Waals surface area contributed by atoms with E-state index in [-0.39, 0.29) is 43.8 Å². The van der Waals surface area contributed by atoms with Crippen molar-refractivity contribution >= 4 is 27.5 Å². The lowest BCUT2D eigenvalue weighted by atomic mass is 10.1. The zero-order valence-electron chi connectivity index (χ0n) is 21.5. The first kappa shape index (κ1) is 29.1. The van der Waals surface area contributed by atoms with Gasteiger partial charge in [-0.05, 0) is 68.7 Å². The average molecular weight is 522 g/mol. The van der Waals surface area contributed by atoms with Crippen LogP contribution in [-0.2, 0) is 26.2 Å². The van der Waals surface area contributed by atoms with E-state index in [9.17, 15) is 22.4 Å². The van der Waals surface area contributed by atoms with Gasteiger partial charge in [0.15, 0.2) is 0 Å². The number of hydrogen-bond donors (Lipinski definition) is 1. The van der Waals surface area contributed by atoms with Gasteiger partial charge in [-0.1, -0.05) is 19.1 Å². The SMILES string of the molecule is CCC(C)NC(=O)C(C)N(Cc1cccc(OC)c1)C(=O)CCCN(c1ccc(F)cc1)S(C)(=O)=O. The number of halogens is 1. The van der Waals surface area contributed by atoms with Gasteiger partial charge in [0.25, 0.3) is 0 Å². The highest BCUT2D eigenvalue weighted by Crippen LogP contribution is 2.20. The minimum absolute atomic E-state index is 0.0259. The lowest BCUT2D eigenvalue weighted by Crippen LogP contribution is -2.49. The van der Waals surface area contributed by atoms with Gasteiger partial charge in [-0.25, -0.2) is 12.8 Å². The Balaban J connectivity index is 2.18. The predicted molar refractivity (Wildman–Crippen MR) is 139 cm³/mol. The highest BCUT2D eigenvalue weighted by atomic mass is 32.2. The van der Waals surface area contributed by atoms with E-state index in [0.717, 1.165) is 22.5 Å². The Morgan fingerprint density at radius 2 is 1.78 bits per heavy atom. The Hall–Kier alpha value is -3.14. The molecule has 2 unspecified atom stereocenters. The van der Waals surface area contributed by atoms with Crippen molar-refractivity contribution in [3.8, 4) is 5.75 Å². The van der Waals surface area contributed by atoms with Crippen LogP contribution in [0.4, 0.5) is 10.1 Å². The number of ether oxygens (including phenoxy) is 1. The number of hydrogen-bond acceptors (Lipinski definition) is 5. The Morgan fingerprint density at radius 1 is 1.11 bits per heavy atom. The molecule has 2 aromatic carbocycles. The van der Waals surface area contributed by atoms with Crippen molar-refractivity contribution in [2.45, 2.75) is 58.7 Å². The summed E-state index contributed by atoms with van der Waals surface area (Å²) in [5.74, 6) is -0.373. The van der Waals surface area contributed by atoms with E-state index in [1.54, 1.807) is 26.2 Å². The van der Waals surface area contributed by atoms with Crippen LogP contribution < -0.4 is 14.4 Å². The van der Waals surface area contributed by atoms with Crippen LogP contribution in [0.1, 0.15) is 45.6 Å². The fourth-order valence-corrected chi connectivity index (χ4v) is 4.59. The lowest BCUT2D eigenvalue weighted by molar-refractivity contribution is -0.140. The van der Waals surface area contributed by atoms with Crippen molar-refractivity contribution in [2.24, 2.45) is 0 Å². The number of sulfonamides is 1. The van der Waals surface area contributed by atoms with Crippen molar-refractivity contribution in [1.29, 1.82) is 0 Å². The summed E-state index contributed by atoms with van der Waals surface area (Å²) >= 11 is 0. The van der Waals surface area contributed by atoms with Crippen LogP contribution in [0.25, 0.3) is 0 Å². The largest absolute Gasteiger partial charge is 0.497 e. The topological polar surface area (TPSA) is 96.0 Å². The zero-order valence-corrected chi connectivity index (χ0v) is 22.3. The molecule has 0 aromatic heterocycles. The number of carbonyl (C=O) groups excluding carboxylic acids is 2. The summed E-state index contributed by atoms with van der Waals surface area (Å²) < 4.78 is 44.4. The van der Waals surface area contributed by atoms with Crippen LogP contribution in [0.3, 0.4) is 0 Å². The standard InChI is InChI=1S/C26H36FN3O5S/c1-6-19(2)28-26(32)20(3)29(18-21-9-7-10-24(17-21)35-4)25(31)11-8-16-30(36(5,33)34)23-14-12-22(27)13-15-23/h7,9-10,12-15,17,19-20H,6,8,11,16,18H2,1-5H3,(H,28,32). The molecule has 8 nitrogen and oxygen atoms in total. The molecule has 0 heterocycles. The second kappa shape index (κ2) is 13.2. The summed E-state index contributed by atoms with van der Waals surface area (Å²) in [6, 6.07) is 11.6. The van der Waals surface area contributed by atoms with Gasteiger partial charge in [-0.15, -0.1) is 0 Å². The molecule has 0 aliphatic rings. The van der Waals surface area contributed by atoms with Gasteiger partial charge in [-0.2, -0.15) is 0 Å². The molecule has 0 saturated carbocycles. The van der Waals surface area contributed by atoms with E-state index in [1.165, 1.54) is 29.2 Å². The Morgan fingerprint density at radius 3 is 2.36 bits per heavy atom. The number of amides is 2. The number of methoxy groups -OCH3 is 1. The minimum Gasteiger partial charge on any atom is -0.497 e. The van der Waals surface area contributed by atoms with Gasteiger partial charge in [-0.3, -0.25) is 13.9 Å². The smallest absolute Gasteiger partial charge is 0.242 e. The Labute approximate surface area is 213 Å². The van der Waals surface area contributed by atoms with Gasteiger partial charge < -0.3 is 15.0 Å². The molecule has 2 atom stereocenters. The summed E-state index contributed by atoms with van der Waals surface area (Å²) in [4.78, 5) is 27.7. The molecule has 0 fully saturated rings. The molecule has 0 radical (unpaired) electrons. The van der Waals surface area contributed by atoms with Crippen molar-refractivity contribution in [1.82, 2.24) is 10.2 Å². The van der Waals surface area contributed by atoms with Gasteiger partial charge in [0.05, 0.1) is 19.1 Å². The number of nitrogens with one attached hydrogen (secondary N) is 1. The van der Waals surface area contributed by atoms with Crippen molar-refractivity contribution in [2.75, 3.05) is 24.2 Å². The van der Waals surface area contributed by atoms with Crippen LogP contribution >= 0.6 is 0 Å². The molecule has 10 heteroatoms. The highest BCUT2D eigenvalue weighted by molar-refractivity contribution is 7.92. The second-order valence-corrected chi connectivity index (χ2v) is 10.7. The molecule has 198 valence electrons. The third-order valence-corrected chi connectivity index (χ3v) is 7.12. The number of nitrogens with zero attached hydrogens (tertiary/aromatic N) is 2. The molecule has 0 saturated heterocycles. The van der Waals surface area contributed by atoms with E-state index in [4.69, 9.17) is 4.74 Å². The van der Waals surface area contributed by atoms with Crippen LogP contribution in [0.2, 0.25) is 0 Å². The number of carbonyl (C=O) groups is 2. The number of benzene rings is 2. The first-order valence-corrected chi connectivity index (χ1v) is 13.8. The van der Waals surface area contributed by atoms with Crippen LogP contribution in [0, 0.1) is 5.82 Å². The van der Waals surface area contributed by atoms with Crippen LogP contribution in [0.5, 0.6) is 5.75 Å². The molecular formula is C26H36FN3O5S. The Kier molecular flexibility index (Phi) is 10.7. The molecule has 0 bridgehead atoms. The van der Waals surface area contributed by atoms with Crippen LogP contribution in [0.15, 0.2) is 48.5 Å². The van der Waals surface area contributed by atoms with E-state index >= 15 is 0 Å². The predicted octanol–water partition coefficient (Wildman–Crippen LogP) is 3.71. The quantitative estimate of drug-likeness (QED) is 0.434. The second-order valence-electron chi connectivity index (χ2n) is 8.78. The Bertz CT molecular complexity index is 1120. The summed E-state index contributed by atoms with van der Waals surface area (Å²) in [5.41, 5.74) is 1.12. The van der Waals surface area contributed by atoms with E-state index in [2.05, 4.69) is 5.32 Å². The number of rotatable bonds is 13. The number of anilines is 1. The van der Waals surface area contributed by atoms with E-state index in [0.29, 0.717) is 11.4 Å². The fourth-order valence-electron chi connectivity index (χ4n) is 3.63. The highest BCUT2D eigenvalue weighted by Gasteiger charge is 2.27. The monoisotopic (exact) mass is 521 g/mol. The third-order valence-electron chi connectivity index (χ3n) is 5.92. The fraction of sp³-hybridized carbons (Fsp3) is 0.462. The lowest BCUT2D eigenvalue weighted by Gasteiger charge is -2.30. The summed E-state index contributed by atoms with van der Waals surface area (Å²) in [7, 11) is -2.09. The third kappa shape index (κ3) is 8.51. The van der Waals surface area contributed by atoms with Crippen molar-refractivity contribution in [3.63, 3.8) is 0 Å². The molecule has 2 amide bonds. The molecule has 36 heavy (non-hydrogen) atoms. The van der Waals surface area contributed by atoms with Gasteiger partial charge in [0, 0.05) is 25.6 Å². The molecule has 2 rings (SSSR count). The van der Waals surface area contributed by atoms with Gasteiger partial charge >= 0.3 is 0 Å². The van der Waals surface area contributed by atoms with Crippen molar-refractivity contribution in [3.05, 3.63) is 59.9 Å². The maximum Gasteiger partial charge on any atom is 0.242 e. The van der Waals surface area contributed by atoms with E-state index < -0.39 is 21.9 Å². The van der Waals surface area contributed by atoms with Crippen LogP contribution in [-0.4, -0.2) is 57.1 Å². The minimum atomic E-state index is -3.64.